The van der Waals surface area contributed by atoms with Crippen molar-refractivity contribution in [2.24, 2.45) is 0 Å². The summed E-state index contributed by atoms with van der Waals surface area (Å²) in [5.74, 6) is 2.53. The Morgan fingerprint density at radius 1 is 1.00 bits per heavy atom. The zero-order valence-electron chi connectivity index (χ0n) is 10.9. The van der Waals surface area contributed by atoms with Gasteiger partial charge in [-0.05, 0) is 39.5 Å². The van der Waals surface area contributed by atoms with Crippen molar-refractivity contribution >= 4 is 0 Å². The topological polar surface area (TPSA) is 40.5 Å². The summed E-state index contributed by atoms with van der Waals surface area (Å²) in [6, 6.07) is 0. The third-order valence-electron chi connectivity index (χ3n) is 3.08. The molecule has 16 heavy (non-hydrogen) atoms. The van der Waals surface area contributed by atoms with Crippen molar-refractivity contribution in [3.8, 4) is 12.3 Å². The Morgan fingerprint density at radius 2 is 1.50 bits per heavy atom. The molecule has 0 aromatic rings. The molecule has 94 valence electrons. The number of rotatable bonds is 8. The molecule has 2 N–H and O–H groups in total. The number of hydrogen-bond donors (Lipinski definition) is 2. The molecule has 0 saturated carbocycles. The summed E-state index contributed by atoms with van der Waals surface area (Å²) in [4.78, 5) is 0. The first-order chi connectivity index (χ1) is 7.33. The minimum atomic E-state index is -0.747. The van der Waals surface area contributed by atoms with Gasteiger partial charge < -0.3 is 10.2 Å². The second kappa shape index (κ2) is 6.93. The Labute approximate surface area is 100 Å². The number of aliphatic hydroxyl groups is 2. The molecule has 2 unspecified atom stereocenters. The normalized spacial score (nSPS) is 18.5. The Hall–Kier alpha value is -0.520. The molecular weight excluding hydrogens is 200 g/mol. The van der Waals surface area contributed by atoms with Gasteiger partial charge in [0.25, 0.3) is 0 Å². The van der Waals surface area contributed by atoms with Crippen molar-refractivity contribution in [1.82, 2.24) is 0 Å². The van der Waals surface area contributed by atoms with E-state index in [1.807, 2.05) is 6.92 Å². The van der Waals surface area contributed by atoms with Gasteiger partial charge in [0.05, 0.1) is 11.2 Å². The lowest BCUT2D eigenvalue weighted by Gasteiger charge is -2.29. The van der Waals surface area contributed by atoms with Crippen LogP contribution in [0.2, 0.25) is 0 Å². The van der Waals surface area contributed by atoms with Gasteiger partial charge in [0.15, 0.2) is 0 Å². The lowest BCUT2D eigenvalue weighted by atomic mass is 9.86. The standard InChI is InChI=1S/C14H26O2/c1-5-7-9-13(3,15)11-12-14(4,16)10-8-6-2/h1,15-16H,6-12H2,2-4H3. The molecule has 2 atom stereocenters. The third-order valence-corrected chi connectivity index (χ3v) is 3.08. The van der Waals surface area contributed by atoms with Crippen LogP contribution >= 0.6 is 0 Å². The van der Waals surface area contributed by atoms with Gasteiger partial charge in [-0.15, -0.1) is 12.3 Å². The van der Waals surface area contributed by atoms with Crippen LogP contribution in [0, 0.1) is 12.3 Å². The molecule has 0 bridgehead atoms. The summed E-state index contributed by atoms with van der Waals surface area (Å²) in [5, 5.41) is 20.1. The average molecular weight is 226 g/mol. The minimum absolute atomic E-state index is 0.587. The van der Waals surface area contributed by atoms with Crippen LogP contribution in [-0.2, 0) is 0 Å². The van der Waals surface area contributed by atoms with Crippen LogP contribution < -0.4 is 0 Å². The van der Waals surface area contributed by atoms with Crippen LogP contribution in [0.5, 0.6) is 0 Å². The fraction of sp³-hybridized carbons (Fsp3) is 0.857. The van der Waals surface area contributed by atoms with Crippen molar-refractivity contribution in [3.05, 3.63) is 0 Å². The first kappa shape index (κ1) is 15.5. The lowest BCUT2D eigenvalue weighted by molar-refractivity contribution is -0.0110. The van der Waals surface area contributed by atoms with E-state index in [0.717, 1.165) is 19.3 Å². The molecule has 0 heterocycles. The Balaban J connectivity index is 3.97. The van der Waals surface area contributed by atoms with Crippen molar-refractivity contribution in [2.75, 3.05) is 0 Å². The van der Waals surface area contributed by atoms with Gasteiger partial charge in [0, 0.05) is 6.42 Å². The summed E-state index contributed by atoms with van der Waals surface area (Å²) in [6.07, 6.45) is 10.5. The van der Waals surface area contributed by atoms with E-state index in [0.29, 0.717) is 25.7 Å². The number of unbranched alkanes of at least 4 members (excludes halogenated alkanes) is 1. The van der Waals surface area contributed by atoms with E-state index < -0.39 is 11.2 Å². The molecule has 2 nitrogen and oxygen atoms in total. The molecule has 0 aliphatic rings. The van der Waals surface area contributed by atoms with Crippen LogP contribution in [0.25, 0.3) is 0 Å². The molecule has 0 aromatic carbocycles. The molecule has 2 heteroatoms. The molecule has 0 fully saturated rings. The fourth-order valence-electron chi connectivity index (χ4n) is 1.69. The van der Waals surface area contributed by atoms with Crippen LogP contribution in [0.15, 0.2) is 0 Å². The van der Waals surface area contributed by atoms with E-state index in [4.69, 9.17) is 6.42 Å². The van der Waals surface area contributed by atoms with Crippen LogP contribution in [0.4, 0.5) is 0 Å². The highest BCUT2D eigenvalue weighted by molar-refractivity contribution is 4.88. The van der Waals surface area contributed by atoms with E-state index in [1.165, 1.54) is 0 Å². The first-order valence-electron chi connectivity index (χ1n) is 6.21. The van der Waals surface area contributed by atoms with E-state index in [2.05, 4.69) is 12.8 Å². The average Bonchev–Trinajstić information content (AvgIpc) is 2.22. The molecule has 0 rings (SSSR count). The molecule has 0 amide bonds. The molecule has 0 aromatic heterocycles. The predicted molar refractivity (Wildman–Crippen MR) is 68.1 cm³/mol. The zero-order valence-corrected chi connectivity index (χ0v) is 10.9. The Bertz CT molecular complexity index is 223. The summed E-state index contributed by atoms with van der Waals surface area (Å²) < 4.78 is 0. The smallest absolute Gasteiger partial charge is 0.0630 e. The molecule has 0 spiro atoms. The van der Waals surface area contributed by atoms with Gasteiger partial charge in [0.1, 0.15) is 0 Å². The van der Waals surface area contributed by atoms with Gasteiger partial charge >= 0.3 is 0 Å². The maximum atomic E-state index is 10.1. The monoisotopic (exact) mass is 226 g/mol. The maximum absolute atomic E-state index is 10.1. The first-order valence-corrected chi connectivity index (χ1v) is 6.21. The minimum Gasteiger partial charge on any atom is -0.390 e. The van der Waals surface area contributed by atoms with Crippen LogP contribution in [-0.4, -0.2) is 21.4 Å². The SMILES string of the molecule is C#CCCC(C)(O)CCC(C)(O)CCCC. The largest absolute Gasteiger partial charge is 0.390 e. The van der Waals surface area contributed by atoms with Gasteiger partial charge in [-0.3, -0.25) is 0 Å². The Morgan fingerprint density at radius 3 is 1.94 bits per heavy atom. The number of terminal acetylenes is 1. The second-order valence-electron chi connectivity index (χ2n) is 5.30. The van der Waals surface area contributed by atoms with Crippen LogP contribution in [0.3, 0.4) is 0 Å². The fourth-order valence-corrected chi connectivity index (χ4v) is 1.69. The summed E-state index contributed by atoms with van der Waals surface area (Å²) in [6.45, 7) is 5.75. The van der Waals surface area contributed by atoms with Crippen molar-refractivity contribution < 1.29 is 10.2 Å². The van der Waals surface area contributed by atoms with E-state index in [1.54, 1.807) is 6.92 Å². The highest BCUT2D eigenvalue weighted by atomic mass is 16.3. The van der Waals surface area contributed by atoms with Gasteiger partial charge in [-0.1, -0.05) is 19.8 Å². The van der Waals surface area contributed by atoms with Gasteiger partial charge in [0.2, 0.25) is 0 Å². The predicted octanol–water partition coefficient (Wildman–Crippen LogP) is 2.87. The lowest BCUT2D eigenvalue weighted by Crippen LogP contribution is -2.31. The Kier molecular flexibility index (Phi) is 6.71. The molecule has 0 saturated heterocycles. The maximum Gasteiger partial charge on any atom is 0.0630 e. The second-order valence-corrected chi connectivity index (χ2v) is 5.30. The zero-order chi connectivity index (χ0) is 12.7. The van der Waals surface area contributed by atoms with Crippen molar-refractivity contribution in [1.29, 1.82) is 0 Å². The highest BCUT2D eigenvalue weighted by Gasteiger charge is 2.26. The third kappa shape index (κ3) is 7.73. The van der Waals surface area contributed by atoms with E-state index in [-0.39, 0.29) is 0 Å². The molecule has 0 radical (unpaired) electrons. The summed E-state index contributed by atoms with van der Waals surface area (Å²) in [7, 11) is 0. The summed E-state index contributed by atoms with van der Waals surface area (Å²) >= 11 is 0. The number of hydrogen-bond acceptors (Lipinski definition) is 2. The molecule has 0 aliphatic carbocycles. The van der Waals surface area contributed by atoms with Crippen molar-refractivity contribution in [3.63, 3.8) is 0 Å². The van der Waals surface area contributed by atoms with E-state index in [9.17, 15) is 10.2 Å². The summed E-state index contributed by atoms with van der Waals surface area (Å²) in [5.41, 5.74) is -1.40. The van der Waals surface area contributed by atoms with Crippen molar-refractivity contribution in [2.45, 2.75) is 76.9 Å². The van der Waals surface area contributed by atoms with E-state index >= 15 is 0 Å². The molecule has 0 aliphatic heterocycles. The van der Waals surface area contributed by atoms with Gasteiger partial charge in [-0.25, -0.2) is 0 Å². The quantitative estimate of drug-likeness (QED) is 0.625. The molecular formula is C14H26O2. The van der Waals surface area contributed by atoms with Crippen LogP contribution in [0.1, 0.15) is 65.7 Å². The van der Waals surface area contributed by atoms with Gasteiger partial charge in [-0.2, -0.15) is 0 Å². The highest BCUT2D eigenvalue weighted by Crippen LogP contribution is 2.26.